The topological polar surface area (TPSA) is 52.6 Å². The van der Waals surface area contributed by atoms with Gasteiger partial charge in [-0.05, 0) is 0 Å². The van der Waals surface area contributed by atoms with Crippen LogP contribution in [0.5, 0.6) is 0 Å². The van der Waals surface area contributed by atoms with Gasteiger partial charge in [0, 0.05) is 0 Å². The maximum absolute atomic E-state index is 10.9. The first kappa shape index (κ1) is 20.9. The molecule has 0 N–H and O–H groups in total. The third kappa shape index (κ3) is 10.4. The molecule has 1 aromatic rings. The number of thiophene rings is 1. The Bertz CT molecular complexity index is 489. The average Bonchev–Trinajstić information content (AvgIpc) is 3.01. The van der Waals surface area contributed by atoms with E-state index in [1.165, 1.54) is 19.7 Å². The molecule has 126 valence electrons. The van der Waals surface area contributed by atoms with Crippen LogP contribution >= 0.6 is 31.7 Å². The number of ether oxygens (including phenoxy) is 2. The molecule has 0 radical (unpaired) electrons. The molecule has 0 amide bonds. The summed E-state index contributed by atoms with van der Waals surface area (Å²) in [5.41, 5.74) is 0. The van der Waals surface area contributed by atoms with E-state index in [0.29, 0.717) is 40.9 Å². The van der Waals surface area contributed by atoms with Crippen molar-refractivity contribution in [3.8, 4) is 0 Å². The number of hydrogen-bond acceptors (Lipinski definition) is 7. The quantitative estimate of drug-likeness (QED) is 0.185. The molecule has 0 aromatic carbocycles. The summed E-state index contributed by atoms with van der Waals surface area (Å²) in [5, 5.41) is 0. The summed E-state index contributed by atoms with van der Waals surface area (Å²) >= 11 is 2.54. The van der Waals surface area contributed by atoms with Crippen LogP contribution in [0.2, 0.25) is 0 Å². The van der Waals surface area contributed by atoms with Crippen LogP contribution in [0, 0.1) is 0 Å². The van der Waals surface area contributed by atoms with Gasteiger partial charge in [-0.25, -0.2) is 0 Å². The molecule has 0 aliphatic rings. The number of carbonyl (C=O) groups is 2. The van der Waals surface area contributed by atoms with Crippen molar-refractivity contribution in [1.29, 1.82) is 0 Å². The fourth-order valence-corrected chi connectivity index (χ4v) is 11.7. The number of esters is 2. The zero-order chi connectivity index (χ0) is 16.9. The first-order chi connectivity index (χ1) is 11.2. The standard InChI is InChI=1S/C14H16O4S3Se2/c1-3-11(15)17-7-9-19-22-13-5-6-14(21-13)23-20-10-8-18-12(16)4-2/h3-6H,1-2,7-10H2. The Morgan fingerprint density at radius 3 is 1.83 bits per heavy atom. The van der Waals surface area contributed by atoms with E-state index >= 15 is 0 Å². The molecule has 0 aliphatic heterocycles. The van der Waals surface area contributed by atoms with Crippen LogP contribution in [0.25, 0.3) is 0 Å². The molecule has 0 unspecified atom stereocenters. The zero-order valence-electron chi connectivity index (χ0n) is 12.2. The van der Waals surface area contributed by atoms with Crippen molar-refractivity contribution in [2.45, 2.75) is 0 Å². The van der Waals surface area contributed by atoms with E-state index in [9.17, 15) is 9.59 Å². The molecule has 0 fully saturated rings. The fourth-order valence-electron chi connectivity index (χ4n) is 1.06. The van der Waals surface area contributed by atoms with Gasteiger partial charge in [0.15, 0.2) is 0 Å². The molecule has 1 rings (SSSR count). The second kappa shape index (κ2) is 13.2. The molecule has 0 saturated heterocycles. The number of rotatable bonds is 12. The summed E-state index contributed by atoms with van der Waals surface area (Å²) < 4.78 is 12.6. The number of hydrogen-bond donors (Lipinski definition) is 0. The SMILES string of the molecule is C=CC(=O)OCCS[Se]c1ccc([Se]SCCOC(=O)C=C)s1. The molecule has 0 bridgehead atoms. The van der Waals surface area contributed by atoms with E-state index in [1.54, 1.807) is 20.4 Å². The van der Waals surface area contributed by atoms with E-state index in [1.807, 2.05) is 11.3 Å². The van der Waals surface area contributed by atoms with Crippen molar-refractivity contribution in [3.63, 3.8) is 0 Å². The summed E-state index contributed by atoms with van der Waals surface area (Å²) in [6.07, 6.45) is 2.36. The Morgan fingerprint density at radius 2 is 1.43 bits per heavy atom. The van der Waals surface area contributed by atoms with Gasteiger partial charge in [0.1, 0.15) is 0 Å². The second-order valence-corrected chi connectivity index (χ2v) is 14.4. The molecule has 0 aliphatic carbocycles. The average molecular weight is 502 g/mol. The van der Waals surface area contributed by atoms with Crippen molar-refractivity contribution in [2.75, 3.05) is 24.7 Å². The minimum atomic E-state index is -0.366. The van der Waals surface area contributed by atoms with Crippen LogP contribution in [-0.2, 0) is 19.1 Å². The van der Waals surface area contributed by atoms with Gasteiger partial charge in [0.2, 0.25) is 0 Å². The maximum atomic E-state index is 10.9. The van der Waals surface area contributed by atoms with E-state index in [4.69, 9.17) is 9.47 Å². The summed E-state index contributed by atoms with van der Waals surface area (Å²) in [7, 11) is 3.61. The van der Waals surface area contributed by atoms with Crippen LogP contribution in [0.3, 0.4) is 0 Å². The molecule has 23 heavy (non-hydrogen) atoms. The summed E-state index contributed by atoms with van der Waals surface area (Å²) in [6, 6.07) is 4.34. The van der Waals surface area contributed by atoms with Crippen LogP contribution in [0.4, 0.5) is 0 Å². The molecule has 0 spiro atoms. The molecule has 1 heterocycles. The van der Waals surface area contributed by atoms with E-state index in [2.05, 4.69) is 25.3 Å². The minimum absolute atomic E-state index is 0.351. The van der Waals surface area contributed by atoms with Gasteiger partial charge in [0.25, 0.3) is 0 Å². The van der Waals surface area contributed by atoms with Gasteiger partial charge < -0.3 is 0 Å². The van der Waals surface area contributed by atoms with Crippen LogP contribution < -0.4 is 7.55 Å². The van der Waals surface area contributed by atoms with Crippen molar-refractivity contribution < 1.29 is 19.1 Å². The van der Waals surface area contributed by atoms with E-state index in [0.717, 1.165) is 11.5 Å². The summed E-state index contributed by atoms with van der Waals surface area (Å²) in [4.78, 5) is 21.7. The molecule has 0 atom stereocenters. The molecule has 0 saturated carbocycles. The monoisotopic (exact) mass is 504 g/mol. The van der Waals surface area contributed by atoms with Crippen molar-refractivity contribution in [1.82, 2.24) is 0 Å². The number of carbonyl (C=O) groups excluding carboxylic acids is 2. The van der Waals surface area contributed by atoms with Crippen LogP contribution in [0.15, 0.2) is 37.4 Å². The molecule has 9 heteroatoms. The van der Waals surface area contributed by atoms with Gasteiger partial charge in [-0.1, -0.05) is 0 Å². The van der Waals surface area contributed by atoms with Gasteiger partial charge >= 0.3 is 160 Å². The zero-order valence-corrected chi connectivity index (χ0v) is 18.1. The van der Waals surface area contributed by atoms with Crippen molar-refractivity contribution in [2.24, 2.45) is 0 Å². The van der Waals surface area contributed by atoms with Crippen LogP contribution in [-0.4, -0.2) is 64.3 Å². The normalized spacial score (nSPS) is 10.1. The van der Waals surface area contributed by atoms with Crippen LogP contribution in [0.1, 0.15) is 0 Å². The van der Waals surface area contributed by atoms with E-state index in [-0.39, 0.29) is 11.9 Å². The van der Waals surface area contributed by atoms with Gasteiger partial charge in [-0.15, -0.1) is 0 Å². The van der Waals surface area contributed by atoms with Crippen molar-refractivity contribution in [3.05, 3.63) is 37.4 Å². The Kier molecular flexibility index (Phi) is 12.0. The third-order valence-electron chi connectivity index (χ3n) is 1.99. The Labute approximate surface area is 159 Å². The predicted octanol–water partition coefficient (Wildman–Crippen LogP) is 1.16. The Morgan fingerprint density at radius 1 is 1.00 bits per heavy atom. The fraction of sp³-hybridized carbons (Fsp3) is 0.286. The Hall–Kier alpha value is -0.141. The van der Waals surface area contributed by atoms with Crippen molar-refractivity contribution >= 4 is 78.9 Å². The van der Waals surface area contributed by atoms with Gasteiger partial charge in [-0.3, -0.25) is 0 Å². The first-order valence-corrected chi connectivity index (χ1v) is 15.0. The summed E-state index contributed by atoms with van der Waals surface area (Å²) in [5.74, 6) is 0.882. The van der Waals surface area contributed by atoms with Gasteiger partial charge in [-0.2, -0.15) is 0 Å². The van der Waals surface area contributed by atoms with E-state index < -0.39 is 0 Å². The predicted molar refractivity (Wildman–Crippen MR) is 102 cm³/mol. The summed E-state index contributed by atoms with van der Waals surface area (Å²) in [6.45, 7) is 7.57. The third-order valence-corrected chi connectivity index (χ3v) is 13.3. The molecular formula is C14H16O4S3Se2. The van der Waals surface area contributed by atoms with Gasteiger partial charge in [0.05, 0.1) is 0 Å². The molecule has 4 nitrogen and oxygen atoms in total. The molecular weight excluding hydrogens is 486 g/mol. The second-order valence-electron chi connectivity index (χ2n) is 3.63. The first-order valence-electron chi connectivity index (χ1n) is 6.43. The Balaban J connectivity index is 2.10. The molecule has 1 aromatic heterocycles.